The average molecular weight is 224 g/mol. The average Bonchev–Trinajstić information content (AvgIpc) is 2.17. The molecule has 0 aromatic heterocycles. The number of rotatable bonds is 5. The Labute approximate surface area is 101 Å². The highest BCUT2D eigenvalue weighted by molar-refractivity contribution is 5.00. The number of hydrogen-bond donors (Lipinski definition) is 1. The zero-order chi connectivity index (χ0) is 12.2. The van der Waals surface area contributed by atoms with E-state index in [1.165, 1.54) is 31.3 Å². The van der Waals surface area contributed by atoms with Gasteiger partial charge in [0, 0.05) is 19.1 Å². The van der Waals surface area contributed by atoms with Crippen molar-refractivity contribution < 1.29 is 0 Å². The van der Waals surface area contributed by atoms with Crippen LogP contribution in [0.2, 0.25) is 0 Å². The molecule has 1 fully saturated rings. The Kier molecular flexibility index (Phi) is 5.00. The summed E-state index contributed by atoms with van der Waals surface area (Å²) in [7, 11) is 4.22. The molecule has 0 bridgehead atoms. The molecule has 0 radical (unpaired) electrons. The van der Waals surface area contributed by atoms with Crippen LogP contribution in [0.15, 0.2) is 12.2 Å². The number of nitrogens with zero attached hydrogens (tertiary/aromatic N) is 1. The second-order valence-electron chi connectivity index (χ2n) is 6.09. The van der Waals surface area contributed by atoms with Crippen LogP contribution in [0.1, 0.15) is 39.5 Å². The molecule has 2 nitrogen and oxygen atoms in total. The fraction of sp³-hybridized carbons (Fsp3) is 0.857. The Morgan fingerprint density at radius 1 is 1.38 bits per heavy atom. The van der Waals surface area contributed by atoms with Gasteiger partial charge in [-0.3, -0.25) is 4.90 Å². The third-order valence-electron chi connectivity index (χ3n) is 3.83. The molecule has 0 spiro atoms. The highest BCUT2D eigenvalue weighted by Gasteiger charge is 2.28. The first-order valence-electron chi connectivity index (χ1n) is 6.46. The standard InChI is InChI=1S/C14H28N2/c1-12(10-15-4)11-16(5)13-6-8-14(2,3)9-7-13/h13,15H,1,6-11H2,2-5H3. The summed E-state index contributed by atoms with van der Waals surface area (Å²) in [6, 6.07) is 0.765. The van der Waals surface area contributed by atoms with Gasteiger partial charge < -0.3 is 5.32 Å². The van der Waals surface area contributed by atoms with Gasteiger partial charge in [-0.25, -0.2) is 0 Å². The van der Waals surface area contributed by atoms with E-state index in [1.807, 2.05) is 7.05 Å². The molecule has 0 aliphatic heterocycles. The molecule has 0 amide bonds. The molecule has 0 saturated heterocycles. The molecule has 0 unspecified atom stereocenters. The van der Waals surface area contributed by atoms with Gasteiger partial charge in [0.2, 0.25) is 0 Å². The monoisotopic (exact) mass is 224 g/mol. The first kappa shape index (κ1) is 13.7. The van der Waals surface area contributed by atoms with E-state index in [0.717, 1.165) is 19.1 Å². The Bertz CT molecular complexity index is 223. The van der Waals surface area contributed by atoms with Gasteiger partial charge in [0.15, 0.2) is 0 Å². The predicted octanol–water partition coefficient (Wildman–Crippen LogP) is 2.66. The Morgan fingerprint density at radius 2 is 1.94 bits per heavy atom. The van der Waals surface area contributed by atoms with Crippen LogP contribution in [-0.2, 0) is 0 Å². The molecule has 1 N–H and O–H groups in total. The summed E-state index contributed by atoms with van der Waals surface area (Å²) in [5.41, 5.74) is 1.86. The van der Waals surface area contributed by atoms with Gasteiger partial charge in [-0.1, -0.05) is 20.4 Å². The highest BCUT2D eigenvalue weighted by Crippen LogP contribution is 2.36. The van der Waals surface area contributed by atoms with Crippen LogP contribution in [0.5, 0.6) is 0 Å². The second-order valence-corrected chi connectivity index (χ2v) is 6.09. The van der Waals surface area contributed by atoms with Crippen LogP contribution in [0, 0.1) is 5.41 Å². The maximum atomic E-state index is 4.10. The minimum atomic E-state index is 0.569. The van der Waals surface area contributed by atoms with Gasteiger partial charge >= 0.3 is 0 Å². The summed E-state index contributed by atoms with van der Waals surface area (Å²) >= 11 is 0. The first-order valence-corrected chi connectivity index (χ1v) is 6.46. The predicted molar refractivity (Wildman–Crippen MR) is 71.7 cm³/mol. The summed E-state index contributed by atoms with van der Waals surface area (Å²) in [6.07, 6.45) is 5.41. The summed E-state index contributed by atoms with van der Waals surface area (Å²) in [4.78, 5) is 2.48. The van der Waals surface area contributed by atoms with Crippen LogP contribution in [0.25, 0.3) is 0 Å². The largest absolute Gasteiger partial charge is 0.316 e. The van der Waals surface area contributed by atoms with Gasteiger partial charge in [0.05, 0.1) is 0 Å². The molecule has 1 aliphatic rings. The van der Waals surface area contributed by atoms with E-state index in [-0.39, 0.29) is 0 Å². The molecule has 1 saturated carbocycles. The van der Waals surface area contributed by atoms with Gasteiger partial charge in [0.25, 0.3) is 0 Å². The molecule has 0 aromatic rings. The zero-order valence-corrected chi connectivity index (χ0v) is 11.5. The lowest BCUT2D eigenvalue weighted by Gasteiger charge is -2.38. The van der Waals surface area contributed by atoms with Gasteiger partial charge in [-0.2, -0.15) is 0 Å². The van der Waals surface area contributed by atoms with Crippen molar-refractivity contribution in [3.63, 3.8) is 0 Å². The molecule has 2 heteroatoms. The van der Waals surface area contributed by atoms with Gasteiger partial charge in [-0.15, -0.1) is 0 Å². The lowest BCUT2D eigenvalue weighted by molar-refractivity contribution is 0.134. The first-order chi connectivity index (χ1) is 7.44. The lowest BCUT2D eigenvalue weighted by Crippen LogP contribution is -2.38. The Balaban J connectivity index is 2.33. The van der Waals surface area contributed by atoms with Crippen LogP contribution in [0.4, 0.5) is 0 Å². The van der Waals surface area contributed by atoms with E-state index >= 15 is 0 Å². The van der Waals surface area contributed by atoms with Gasteiger partial charge in [0.1, 0.15) is 0 Å². The van der Waals surface area contributed by atoms with Crippen molar-refractivity contribution in [2.45, 2.75) is 45.6 Å². The van der Waals surface area contributed by atoms with Crippen molar-refractivity contribution >= 4 is 0 Å². The number of likely N-dealkylation sites (N-methyl/N-ethyl adjacent to an activating group) is 2. The van der Waals surface area contributed by atoms with Crippen molar-refractivity contribution in [1.29, 1.82) is 0 Å². The minimum absolute atomic E-state index is 0.569. The van der Waals surface area contributed by atoms with Crippen molar-refractivity contribution in [3.8, 4) is 0 Å². The highest BCUT2D eigenvalue weighted by atomic mass is 15.1. The topological polar surface area (TPSA) is 15.3 Å². The Hall–Kier alpha value is -0.340. The molecule has 1 rings (SSSR count). The smallest absolute Gasteiger partial charge is 0.0202 e. The van der Waals surface area contributed by atoms with E-state index in [2.05, 4.69) is 37.7 Å². The zero-order valence-electron chi connectivity index (χ0n) is 11.5. The van der Waals surface area contributed by atoms with E-state index in [0.29, 0.717) is 5.41 Å². The van der Waals surface area contributed by atoms with Crippen LogP contribution in [-0.4, -0.2) is 38.1 Å². The number of hydrogen-bond acceptors (Lipinski definition) is 2. The third kappa shape index (κ3) is 4.26. The van der Waals surface area contributed by atoms with E-state index in [4.69, 9.17) is 0 Å². The second kappa shape index (κ2) is 5.83. The van der Waals surface area contributed by atoms with E-state index < -0.39 is 0 Å². The van der Waals surface area contributed by atoms with E-state index in [9.17, 15) is 0 Å². The summed E-state index contributed by atoms with van der Waals surface area (Å²) in [6.45, 7) is 10.9. The minimum Gasteiger partial charge on any atom is -0.316 e. The van der Waals surface area contributed by atoms with Crippen molar-refractivity contribution in [3.05, 3.63) is 12.2 Å². The molecule has 1 aliphatic carbocycles. The van der Waals surface area contributed by atoms with Crippen molar-refractivity contribution in [2.75, 3.05) is 27.2 Å². The summed E-state index contributed by atoms with van der Waals surface area (Å²) < 4.78 is 0. The third-order valence-corrected chi connectivity index (χ3v) is 3.83. The fourth-order valence-electron chi connectivity index (χ4n) is 2.61. The van der Waals surface area contributed by atoms with Crippen molar-refractivity contribution in [2.24, 2.45) is 5.41 Å². The molecular formula is C14H28N2. The van der Waals surface area contributed by atoms with Gasteiger partial charge in [-0.05, 0) is 50.8 Å². The molecule has 0 atom stereocenters. The molecule has 16 heavy (non-hydrogen) atoms. The number of nitrogens with one attached hydrogen (secondary N) is 1. The van der Waals surface area contributed by atoms with E-state index in [1.54, 1.807) is 0 Å². The maximum absolute atomic E-state index is 4.10. The Morgan fingerprint density at radius 3 is 2.44 bits per heavy atom. The lowest BCUT2D eigenvalue weighted by atomic mass is 9.75. The van der Waals surface area contributed by atoms with Crippen LogP contribution >= 0.6 is 0 Å². The normalized spacial score (nSPS) is 21.3. The molecule has 0 heterocycles. The molecule has 0 aromatic carbocycles. The molecule has 94 valence electrons. The molecular weight excluding hydrogens is 196 g/mol. The SMILES string of the molecule is C=C(CNC)CN(C)C1CCC(C)(C)CC1. The van der Waals surface area contributed by atoms with Crippen LogP contribution < -0.4 is 5.32 Å². The summed E-state index contributed by atoms with van der Waals surface area (Å²) in [5, 5.41) is 3.16. The maximum Gasteiger partial charge on any atom is 0.0202 e. The fourth-order valence-corrected chi connectivity index (χ4v) is 2.61. The van der Waals surface area contributed by atoms with Crippen LogP contribution in [0.3, 0.4) is 0 Å². The van der Waals surface area contributed by atoms with Crippen molar-refractivity contribution in [1.82, 2.24) is 10.2 Å². The summed E-state index contributed by atoms with van der Waals surface area (Å²) in [5.74, 6) is 0. The quantitative estimate of drug-likeness (QED) is 0.722.